The molecular formula is C11H16FN3O. The molecule has 1 fully saturated rings. The number of piperidine rings is 1. The highest BCUT2D eigenvalue weighted by Gasteiger charge is 2.32. The maximum atomic E-state index is 12.7. The molecule has 0 amide bonds. The molecule has 0 bridgehead atoms. The summed E-state index contributed by atoms with van der Waals surface area (Å²) in [5, 5.41) is 10.1. The van der Waals surface area contributed by atoms with Gasteiger partial charge in [0.1, 0.15) is 11.6 Å². The van der Waals surface area contributed by atoms with Gasteiger partial charge in [-0.25, -0.2) is 9.37 Å². The Kier molecular flexibility index (Phi) is 3.07. The van der Waals surface area contributed by atoms with E-state index in [2.05, 4.69) is 4.98 Å². The van der Waals surface area contributed by atoms with E-state index in [0.29, 0.717) is 18.8 Å². The first kappa shape index (κ1) is 11.3. The fourth-order valence-electron chi connectivity index (χ4n) is 2.03. The van der Waals surface area contributed by atoms with Gasteiger partial charge in [0.2, 0.25) is 0 Å². The van der Waals surface area contributed by atoms with Gasteiger partial charge in [0, 0.05) is 19.6 Å². The Morgan fingerprint density at radius 2 is 2.38 bits per heavy atom. The number of pyridine rings is 1. The standard InChI is InChI=1S/C11H16FN3O/c12-9-2-3-10(14-6-9)15-5-1-4-11(16,7-13)8-15/h2-3,6,16H,1,4-5,7-8,13H2. The summed E-state index contributed by atoms with van der Waals surface area (Å²) >= 11 is 0. The highest BCUT2D eigenvalue weighted by Crippen LogP contribution is 2.23. The number of nitrogens with two attached hydrogens (primary N) is 1. The molecular weight excluding hydrogens is 209 g/mol. The zero-order valence-electron chi connectivity index (χ0n) is 9.06. The van der Waals surface area contributed by atoms with Gasteiger partial charge in [-0.2, -0.15) is 0 Å². The van der Waals surface area contributed by atoms with E-state index < -0.39 is 5.60 Å². The van der Waals surface area contributed by atoms with E-state index in [1.807, 2.05) is 4.90 Å². The number of rotatable bonds is 2. The Bertz CT molecular complexity index is 357. The van der Waals surface area contributed by atoms with Crippen LogP contribution in [0.5, 0.6) is 0 Å². The van der Waals surface area contributed by atoms with E-state index in [4.69, 9.17) is 5.73 Å². The quantitative estimate of drug-likeness (QED) is 0.770. The van der Waals surface area contributed by atoms with E-state index >= 15 is 0 Å². The Balaban J connectivity index is 2.12. The first-order valence-electron chi connectivity index (χ1n) is 5.42. The predicted molar refractivity (Wildman–Crippen MR) is 59.6 cm³/mol. The Morgan fingerprint density at radius 3 is 3.00 bits per heavy atom. The molecule has 2 rings (SSSR count). The molecule has 16 heavy (non-hydrogen) atoms. The summed E-state index contributed by atoms with van der Waals surface area (Å²) in [5.41, 5.74) is 4.71. The molecule has 2 heterocycles. The summed E-state index contributed by atoms with van der Waals surface area (Å²) in [4.78, 5) is 5.94. The minimum Gasteiger partial charge on any atom is -0.387 e. The minimum absolute atomic E-state index is 0.241. The first-order chi connectivity index (χ1) is 7.63. The summed E-state index contributed by atoms with van der Waals surface area (Å²) in [7, 11) is 0. The van der Waals surface area contributed by atoms with Crippen molar-refractivity contribution in [3.8, 4) is 0 Å². The molecule has 5 heteroatoms. The van der Waals surface area contributed by atoms with Crippen LogP contribution in [0.2, 0.25) is 0 Å². The lowest BCUT2D eigenvalue weighted by Gasteiger charge is -2.39. The van der Waals surface area contributed by atoms with Crippen molar-refractivity contribution in [1.29, 1.82) is 0 Å². The molecule has 0 radical (unpaired) electrons. The van der Waals surface area contributed by atoms with E-state index in [-0.39, 0.29) is 12.4 Å². The highest BCUT2D eigenvalue weighted by atomic mass is 19.1. The van der Waals surface area contributed by atoms with Crippen molar-refractivity contribution in [2.75, 3.05) is 24.5 Å². The van der Waals surface area contributed by atoms with Crippen molar-refractivity contribution in [3.05, 3.63) is 24.1 Å². The van der Waals surface area contributed by atoms with E-state index in [9.17, 15) is 9.50 Å². The lowest BCUT2D eigenvalue weighted by Crippen LogP contribution is -2.52. The SMILES string of the molecule is NCC1(O)CCCN(c2ccc(F)cn2)C1. The topological polar surface area (TPSA) is 62.4 Å². The second-order valence-electron chi connectivity index (χ2n) is 4.29. The van der Waals surface area contributed by atoms with Crippen LogP contribution in [0.15, 0.2) is 18.3 Å². The molecule has 4 nitrogen and oxygen atoms in total. The van der Waals surface area contributed by atoms with Crippen molar-refractivity contribution in [3.63, 3.8) is 0 Å². The van der Waals surface area contributed by atoms with Gasteiger partial charge in [-0.05, 0) is 25.0 Å². The van der Waals surface area contributed by atoms with Crippen LogP contribution in [0.25, 0.3) is 0 Å². The summed E-state index contributed by atoms with van der Waals surface area (Å²) in [6.45, 7) is 1.52. The van der Waals surface area contributed by atoms with Gasteiger partial charge in [0.15, 0.2) is 0 Å². The number of hydrogen-bond donors (Lipinski definition) is 2. The lowest BCUT2D eigenvalue weighted by atomic mass is 9.93. The van der Waals surface area contributed by atoms with Crippen LogP contribution in [-0.4, -0.2) is 35.3 Å². The molecule has 1 aliphatic rings. The van der Waals surface area contributed by atoms with Crippen molar-refractivity contribution >= 4 is 5.82 Å². The molecule has 0 saturated carbocycles. The summed E-state index contributed by atoms with van der Waals surface area (Å²) in [6, 6.07) is 3.00. The molecule has 1 aliphatic heterocycles. The number of halogens is 1. The van der Waals surface area contributed by atoms with Crippen LogP contribution in [0.4, 0.5) is 10.2 Å². The molecule has 1 atom stereocenters. The molecule has 0 aliphatic carbocycles. The van der Waals surface area contributed by atoms with Gasteiger partial charge >= 0.3 is 0 Å². The number of nitrogens with zero attached hydrogens (tertiary/aromatic N) is 2. The maximum Gasteiger partial charge on any atom is 0.141 e. The van der Waals surface area contributed by atoms with Gasteiger partial charge in [-0.1, -0.05) is 0 Å². The fraction of sp³-hybridized carbons (Fsp3) is 0.545. The predicted octanol–water partition coefficient (Wildman–Crippen LogP) is 0.511. The molecule has 0 aromatic carbocycles. The zero-order valence-corrected chi connectivity index (χ0v) is 9.06. The summed E-state index contributed by atoms with van der Waals surface area (Å²) in [5.74, 6) is 0.336. The number of β-amino-alcohol motifs (C(OH)–C–C–N with tert-alkyl or cyclic N) is 1. The largest absolute Gasteiger partial charge is 0.387 e. The fourth-order valence-corrected chi connectivity index (χ4v) is 2.03. The maximum absolute atomic E-state index is 12.7. The number of anilines is 1. The smallest absolute Gasteiger partial charge is 0.141 e. The average molecular weight is 225 g/mol. The third-order valence-electron chi connectivity index (χ3n) is 2.97. The highest BCUT2D eigenvalue weighted by molar-refractivity contribution is 5.39. The first-order valence-corrected chi connectivity index (χ1v) is 5.42. The molecule has 1 saturated heterocycles. The van der Waals surface area contributed by atoms with Crippen molar-refractivity contribution in [2.45, 2.75) is 18.4 Å². The molecule has 1 unspecified atom stereocenters. The van der Waals surface area contributed by atoms with Crippen LogP contribution >= 0.6 is 0 Å². The van der Waals surface area contributed by atoms with Crippen molar-refractivity contribution < 1.29 is 9.50 Å². The normalized spacial score (nSPS) is 25.8. The Labute approximate surface area is 93.9 Å². The third-order valence-corrected chi connectivity index (χ3v) is 2.97. The third kappa shape index (κ3) is 2.31. The Morgan fingerprint density at radius 1 is 1.56 bits per heavy atom. The molecule has 1 aromatic rings. The van der Waals surface area contributed by atoms with Crippen LogP contribution < -0.4 is 10.6 Å². The number of hydrogen-bond acceptors (Lipinski definition) is 4. The average Bonchev–Trinajstić information content (AvgIpc) is 2.30. The molecule has 3 N–H and O–H groups in total. The molecule has 88 valence electrons. The lowest BCUT2D eigenvalue weighted by molar-refractivity contribution is 0.0345. The van der Waals surface area contributed by atoms with E-state index in [1.165, 1.54) is 12.3 Å². The van der Waals surface area contributed by atoms with E-state index in [0.717, 1.165) is 13.0 Å². The zero-order chi connectivity index (χ0) is 11.6. The van der Waals surface area contributed by atoms with Crippen LogP contribution in [0.1, 0.15) is 12.8 Å². The summed E-state index contributed by atoms with van der Waals surface area (Å²) in [6.07, 6.45) is 2.76. The van der Waals surface area contributed by atoms with Crippen molar-refractivity contribution in [1.82, 2.24) is 4.98 Å². The number of aromatic nitrogens is 1. The minimum atomic E-state index is -0.839. The van der Waals surface area contributed by atoms with Gasteiger partial charge < -0.3 is 15.7 Å². The molecule has 1 aromatic heterocycles. The van der Waals surface area contributed by atoms with Gasteiger partial charge in [-0.15, -0.1) is 0 Å². The van der Waals surface area contributed by atoms with Crippen LogP contribution in [-0.2, 0) is 0 Å². The van der Waals surface area contributed by atoms with Crippen LogP contribution in [0.3, 0.4) is 0 Å². The number of aliphatic hydroxyl groups is 1. The van der Waals surface area contributed by atoms with Gasteiger partial charge in [0.25, 0.3) is 0 Å². The second-order valence-corrected chi connectivity index (χ2v) is 4.29. The van der Waals surface area contributed by atoms with Crippen LogP contribution in [0, 0.1) is 5.82 Å². The van der Waals surface area contributed by atoms with E-state index in [1.54, 1.807) is 6.07 Å². The van der Waals surface area contributed by atoms with Crippen molar-refractivity contribution in [2.24, 2.45) is 5.73 Å². The Hall–Kier alpha value is -1.20. The van der Waals surface area contributed by atoms with Gasteiger partial charge in [0.05, 0.1) is 11.8 Å². The monoisotopic (exact) mass is 225 g/mol. The molecule has 0 spiro atoms. The van der Waals surface area contributed by atoms with Gasteiger partial charge in [-0.3, -0.25) is 0 Å². The second kappa shape index (κ2) is 4.35. The summed E-state index contributed by atoms with van der Waals surface area (Å²) < 4.78 is 12.7.